The number of fused-ring (bicyclic) bond motifs is 1. The number of aromatic nitrogens is 2. The molecule has 1 fully saturated rings. The Balaban J connectivity index is 0.000000375. The van der Waals surface area contributed by atoms with Crippen molar-refractivity contribution >= 4 is 46.7 Å². The van der Waals surface area contributed by atoms with Gasteiger partial charge < -0.3 is 10.8 Å². The van der Waals surface area contributed by atoms with Gasteiger partial charge in [0, 0.05) is 23.3 Å². The summed E-state index contributed by atoms with van der Waals surface area (Å²) in [6.45, 7) is 0. The zero-order valence-corrected chi connectivity index (χ0v) is 21.3. The molecule has 0 unspecified atom stereocenters. The summed E-state index contributed by atoms with van der Waals surface area (Å²) in [6.07, 6.45) is 11.4. The van der Waals surface area contributed by atoms with Gasteiger partial charge in [0.05, 0.1) is 16.3 Å². The smallest absolute Gasteiger partial charge is 0.295 e. The van der Waals surface area contributed by atoms with Crippen molar-refractivity contribution in [3.63, 3.8) is 0 Å². The van der Waals surface area contributed by atoms with Crippen molar-refractivity contribution < 1.29 is 14.7 Å². The van der Waals surface area contributed by atoms with E-state index in [9.17, 15) is 14.7 Å². The Bertz CT molecular complexity index is 1240. The van der Waals surface area contributed by atoms with Crippen LogP contribution in [0.4, 0.5) is 11.5 Å². The maximum atomic E-state index is 13.2. The third-order valence-electron chi connectivity index (χ3n) is 5.86. The number of benzene rings is 1. The quantitative estimate of drug-likeness (QED) is 0.326. The minimum absolute atomic E-state index is 0.0476. The molecule has 1 saturated carbocycles. The summed E-state index contributed by atoms with van der Waals surface area (Å²) >= 11 is 7.34. The fourth-order valence-electron chi connectivity index (χ4n) is 3.88. The number of phenols is 1. The Morgan fingerprint density at radius 2 is 1.97 bits per heavy atom. The van der Waals surface area contributed by atoms with Crippen molar-refractivity contribution in [2.45, 2.75) is 43.0 Å². The summed E-state index contributed by atoms with van der Waals surface area (Å²) in [6, 6.07) is 11.7. The lowest BCUT2D eigenvalue weighted by atomic mass is 9.97. The first-order valence-electron chi connectivity index (χ1n) is 11.5. The number of hydrazine groups is 2. The van der Waals surface area contributed by atoms with Crippen LogP contribution in [0, 0.1) is 0 Å². The highest BCUT2D eigenvalue weighted by Crippen LogP contribution is 2.30. The van der Waals surface area contributed by atoms with Gasteiger partial charge in [0.25, 0.3) is 11.8 Å². The molecule has 3 aromatic rings. The molecule has 2 amide bonds. The first-order chi connectivity index (χ1) is 17.4. The molecule has 36 heavy (non-hydrogen) atoms. The monoisotopic (exact) mass is 526 g/mol. The summed E-state index contributed by atoms with van der Waals surface area (Å²) in [4.78, 5) is 34.5. The SMILES string of the molecule is CSc1ccc(C(=O)N(NN2C(=O)c3ncccc32)c2ccc(Cl)cn2)c(O)c1.NC1CCCCC1. The number of carbonyl (C=O) groups is 2. The number of hydrogen-bond donors (Lipinski definition) is 3. The topological polar surface area (TPSA) is 125 Å². The number of halogens is 1. The molecule has 0 saturated heterocycles. The van der Waals surface area contributed by atoms with Crippen molar-refractivity contribution in [2.75, 3.05) is 16.3 Å². The lowest BCUT2D eigenvalue weighted by molar-refractivity contribution is 0.0921. The molecule has 0 atom stereocenters. The van der Waals surface area contributed by atoms with E-state index in [0.29, 0.717) is 22.4 Å². The molecule has 1 aromatic carbocycles. The highest BCUT2D eigenvalue weighted by atomic mass is 35.5. The van der Waals surface area contributed by atoms with E-state index < -0.39 is 11.8 Å². The second-order valence-corrected chi connectivity index (χ2v) is 9.68. The molecule has 0 radical (unpaired) electrons. The average Bonchev–Trinajstić information content (AvgIpc) is 2.90. The number of phenolic OH excluding ortho intramolecular Hbond substituents is 1. The normalized spacial score (nSPS) is 14.9. The number of thioether (sulfide) groups is 1. The predicted octanol–water partition coefficient (Wildman–Crippen LogP) is 4.56. The van der Waals surface area contributed by atoms with E-state index >= 15 is 0 Å². The number of carbonyl (C=O) groups excluding carboxylic acids is 2. The first-order valence-corrected chi connectivity index (χ1v) is 13.1. The number of rotatable bonds is 5. The van der Waals surface area contributed by atoms with E-state index in [1.54, 1.807) is 24.3 Å². The van der Waals surface area contributed by atoms with Gasteiger partial charge in [-0.3, -0.25) is 9.59 Å². The van der Waals surface area contributed by atoms with Gasteiger partial charge in [-0.05, 0) is 61.6 Å². The maximum absolute atomic E-state index is 13.2. The van der Waals surface area contributed by atoms with Crippen molar-refractivity contribution in [2.24, 2.45) is 5.73 Å². The number of anilines is 2. The van der Waals surface area contributed by atoms with Gasteiger partial charge in [-0.15, -0.1) is 17.3 Å². The maximum Gasteiger partial charge on any atom is 0.295 e. The molecule has 0 bridgehead atoms. The van der Waals surface area contributed by atoms with Gasteiger partial charge in [0.1, 0.15) is 5.75 Å². The minimum atomic E-state index is -0.602. The van der Waals surface area contributed by atoms with Crippen LogP contribution in [0.5, 0.6) is 5.75 Å². The molecule has 188 valence electrons. The Hall–Kier alpha value is -3.18. The molecule has 9 nitrogen and oxygen atoms in total. The molecule has 11 heteroatoms. The second-order valence-electron chi connectivity index (χ2n) is 8.37. The Morgan fingerprint density at radius 1 is 1.19 bits per heavy atom. The summed E-state index contributed by atoms with van der Waals surface area (Å²) in [5.74, 6) is -0.984. The van der Waals surface area contributed by atoms with Crippen LogP contribution in [-0.2, 0) is 0 Å². The summed E-state index contributed by atoms with van der Waals surface area (Å²) in [5.41, 5.74) is 9.25. The second kappa shape index (κ2) is 11.7. The van der Waals surface area contributed by atoms with Crippen LogP contribution in [0.3, 0.4) is 0 Å². The number of hydrogen-bond acceptors (Lipinski definition) is 8. The number of aromatic hydroxyl groups is 1. The zero-order valence-electron chi connectivity index (χ0n) is 19.7. The first kappa shape index (κ1) is 25.9. The number of nitrogens with one attached hydrogen (secondary N) is 1. The molecule has 2 aromatic heterocycles. The van der Waals surface area contributed by atoms with Crippen LogP contribution >= 0.6 is 23.4 Å². The third kappa shape index (κ3) is 5.79. The molecular formula is C25H27ClN6O3S. The van der Waals surface area contributed by atoms with E-state index in [1.165, 1.54) is 79.5 Å². The molecule has 1 aliphatic carbocycles. The number of pyridine rings is 2. The fourth-order valence-corrected chi connectivity index (χ4v) is 4.42. The molecule has 2 aliphatic rings. The molecule has 4 N–H and O–H groups in total. The van der Waals surface area contributed by atoms with Gasteiger partial charge in [0.15, 0.2) is 11.5 Å². The van der Waals surface area contributed by atoms with E-state index in [-0.39, 0.29) is 17.1 Å². The van der Waals surface area contributed by atoms with E-state index in [2.05, 4.69) is 15.5 Å². The van der Waals surface area contributed by atoms with Gasteiger partial charge in [0.2, 0.25) is 0 Å². The van der Waals surface area contributed by atoms with Crippen molar-refractivity contribution in [3.05, 3.63) is 71.1 Å². The molecule has 5 rings (SSSR count). The van der Waals surface area contributed by atoms with Crippen molar-refractivity contribution in [3.8, 4) is 5.75 Å². The van der Waals surface area contributed by atoms with Crippen LogP contribution in [-0.4, -0.2) is 39.2 Å². The zero-order chi connectivity index (χ0) is 25.7. The van der Waals surface area contributed by atoms with Crippen molar-refractivity contribution in [1.82, 2.24) is 15.5 Å². The van der Waals surface area contributed by atoms with Gasteiger partial charge in [-0.25, -0.2) is 20.0 Å². The van der Waals surface area contributed by atoms with Crippen molar-refractivity contribution in [1.29, 1.82) is 0 Å². The highest BCUT2D eigenvalue weighted by Gasteiger charge is 2.37. The van der Waals surface area contributed by atoms with Crippen LogP contribution in [0.1, 0.15) is 53.0 Å². The molecule has 1 aliphatic heterocycles. The summed E-state index contributed by atoms with van der Waals surface area (Å²) < 4.78 is 0. The van der Waals surface area contributed by atoms with Crippen LogP contribution in [0.2, 0.25) is 5.02 Å². The third-order valence-corrected chi connectivity index (χ3v) is 6.81. The van der Waals surface area contributed by atoms with Gasteiger partial charge in [-0.2, -0.15) is 0 Å². The van der Waals surface area contributed by atoms with E-state index in [4.69, 9.17) is 17.3 Å². The predicted molar refractivity (Wildman–Crippen MR) is 141 cm³/mol. The number of amides is 2. The molecular weight excluding hydrogens is 500 g/mol. The van der Waals surface area contributed by atoms with E-state index in [0.717, 1.165) is 9.90 Å². The standard InChI is InChI=1S/C19H14ClN5O3S.C6H13N/c1-29-12-5-6-13(15(26)9-12)18(27)25(16-7-4-11(20)10-22-16)23-24-14-3-2-8-21-17(14)19(24)28;7-6-4-2-1-3-5-6/h2-10,23,26H,1H3;6H,1-5,7H2. The fraction of sp³-hybridized carbons (Fsp3) is 0.280. The van der Waals surface area contributed by atoms with Crippen LogP contribution < -0.4 is 21.3 Å². The molecule has 0 spiro atoms. The average molecular weight is 527 g/mol. The highest BCUT2D eigenvalue weighted by molar-refractivity contribution is 7.98. The Labute approximate surface area is 218 Å². The van der Waals surface area contributed by atoms with Gasteiger partial charge >= 0.3 is 0 Å². The number of nitrogens with zero attached hydrogens (tertiary/aromatic N) is 4. The number of nitrogens with two attached hydrogens (primary N) is 1. The minimum Gasteiger partial charge on any atom is -0.507 e. The lowest BCUT2D eigenvalue weighted by Gasteiger charge is -2.36. The largest absolute Gasteiger partial charge is 0.507 e. The van der Waals surface area contributed by atoms with Crippen LogP contribution in [0.25, 0.3) is 0 Å². The molecule has 3 heterocycles. The summed E-state index contributed by atoms with van der Waals surface area (Å²) in [5, 5.41) is 13.0. The van der Waals surface area contributed by atoms with Crippen LogP contribution in [0.15, 0.2) is 59.8 Å². The van der Waals surface area contributed by atoms with Gasteiger partial charge in [-0.1, -0.05) is 30.9 Å². The summed E-state index contributed by atoms with van der Waals surface area (Å²) in [7, 11) is 0. The van der Waals surface area contributed by atoms with E-state index in [1.807, 2.05) is 6.26 Å². The lowest BCUT2D eigenvalue weighted by Crippen LogP contribution is -2.60. The Kier molecular flexibility index (Phi) is 8.42. The Morgan fingerprint density at radius 3 is 2.58 bits per heavy atom.